The Labute approximate surface area is 121 Å². The number of nitrogens with zero attached hydrogens (tertiary/aromatic N) is 1. The summed E-state index contributed by atoms with van der Waals surface area (Å²) in [6.45, 7) is 5.57. The maximum Gasteiger partial charge on any atom is 0.239 e. The average molecular weight is 276 g/mol. The number of aryl methyl sites for hydroxylation is 2. The monoisotopic (exact) mass is 276 g/mol. The Bertz CT molecular complexity index is 487. The summed E-state index contributed by atoms with van der Waals surface area (Å²) in [4.78, 5) is 14.2. The number of hydrogen-bond acceptors (Lipinski definition) is 3. The molecule has 1 aliphatic heterocycles. The molecule has 4 nitrogen and oxygen atoms in total. The van der Waals surface area contributed by atoms with E-state index in [0.29, 0.717) is 6.54 Å². The minimum Gasteiger partial charge on any atom is -0.380 e. The van der Waals surface area contributed by atoms with Crippen molar-refractivity contribution in [3.63, 3.8) is 0 Å². The number of likely N-dealkylation sites (N-methyl/N-ethyl adjacent to an activating group) is 1. The number of hydrogen-bond donors (Lipinski definition) is 1. The van der Waals surface area contributed by atoms with Gasteiger partial charge in [0.25, 0.3) is 0 Å². The van der Waals surface area contributed by atoms with Gasteiger partial charge in [-0.15, -0.1) is 0 Å². The first kappa shape index (κ1) is 15.0. The molecular formula is C16H24N2O2. The smallest absolute Gasteiger partial charge is 0.239 e. The number of carbonyl (C=O) groups excluding carboxylic acids is 1. The van der Waals surface area contributed by atoms with E-state index in [0.717, 1.165) is 13.0 Å². The maximum absolute atomic E-state index is 12.4. The molecule has 1 aromatic rings. The second kappa shape index (κ2) is 6.37. The number of nitrogens with one attached hydrogen (secondary N) is 1. The molecule has 2 atom stereocenters. The third kappa shape index (κ3) is 3.38. The van der Waals surface area contributed by atoms with Crippen LogP contribution in [0, 0.1) is 13.8 Å². The molecular weight excluding hydrogens is 252 g/mol. The summed E-state index contributed by atoms with van der Waals surface area (Å²) >= 11 is 0. The van der Waals surface area contributed by atoms with Gasteiger partial charge in [-0.1, -0.05) is 23.8 Å². The third-order valence-electron chi connectivity index (χ3n) is 4.01. The lowest BCUT2D eigenvalue weighted by Gasteiger charge is -2.22. The molecule has 0 unspecified atom stereocenters. The highest BCUT2D eigenvalue weighted by Crippen LogP contribution is 2.16. The van der Waals surface area contributed by atoms with Crippen LogP contribution in [0.3, 0.4) is 0 Å². The summed E-state index contributed by atoms with van der Waals surface area (Å²) in [7, 11) is 3.56. The molecule has 110 valence electrons. The number of rotatable bonds is 4. The van der Waals surface area contributed by atoms with E-state index in [1.165, 1.54) is 16.7 Å². The first-order valence-electron chi connectivity index (χ1n) is 7.08. The Kier molecular flexibility index (Phi) is 4.78. The summed E-state index contributed by atoms with van der Waals surface area (Å²) in [5.74, 6) is 0.144. The average Bonchev–Trinajstić information content (AvgIpc) is 2.90. The van der Waals surface area contributed by atoms with Gasteiger partial charge in [-0.05, 0) is 31.4 Å². The highest BCUT2D eigenvalue weighted by atomic mass is 16.5. The van der Waals surface area contributed by atoms with Crippen molar-refractivity contribution in [2.75, 3.05) is 20.7 Å². The van der Waals surface area contributed by atoms with Crippen LogP contribution in [0.2, 0.25) is 0 Å². The van der Waals surface area contributed by atoms with Gasteiger partial charge in [-0.2, -0.15) is 0 Å². The van der Waals surface area contributed by atoms with Crippen LogP contribution in [0.15, 0.2) is 18.2 Å². The predicted molar refractivity (Wildman–Crippen MR) is 79.6 cm³/mol. The minimum atomic E-state index is -0.116. The Morgan fingerprint density at radius 3 is 2.85 bits per heavy atom. The lowest BCUT2D eigenvalue weighted by Crippen LogP contribution is -2.41. The Balaban J connectivity index is 1.99. The molecule has 1 aromatic carbocycles. The molecule has 2 rings (SSSR count). The van der Waals surface area contributed by atoms with Crippen molar-refractivity contribution in [1.29, 1.82) is 0 Å². The van der Waals surface area contributed by atoms with E-state index in [-0.39, 0.29) is 18.1 Å². The topological polar surface area (TPSA) is 41.6 Å². The summed E-state index contributed by atoms with van der Waals surface area (Å²) in [6, 6.07) is 6.24. The minimum absolute atomic E-state index is 0.116. The van der Waals surface area contributed by atoms with Crippen LogP contribution in [0.25, 0.3) is 0 Å². The standard InChI is InChI=1S/C16H24N2O2/c1-11-5-6-12(2)13(7-11)10-18(3)16(19)15-8-14(20-4)9-17-15/h5-7,14-15,17H,8-10H2,1-4H3/t14-,15-/m1/s1. The molecule has 0 aromatic heterocycles. The van der Waals surface area contributed by atoms with Crippen LogP contribution in [0.4, 0.5) is 0 Å². The molecule has 1 saturated heterocycles. The molecule has 1 amide bonds. The number of ether oxygens (including phenoxy) is 1. The van der Waals surface area contributed by atoms with Crippen molar-refractivity contribution in [1.82, 2.24) is 10.2 Å². The lowest BCUT2D eigenvalue weighted by molar-refractivity contribution is -0.132. The molecule has 0 aliphatic carbocycles. The highest BCUT2D eigenvalue weighted by Gasteiger charge is 2.31. The van der Waals surface area contributed by atoms with Crippen LogP contribution in [-0.2, 0) is 16.1 Å². The first-order chi connectivity index (χ1) is 9.51. The molecule has 0 bridgehead atoms. The number of carbonyl (C=O) groups is 1. The summed E-state index contributed by atoms with van der Waals surface area (Å²) < 4.78 is 5.29. The molecule has 1 aliphatic rings. The van der Waals surface area contributed by atoms with Gasteiger partial charge in [0.15, 0.2) is 0 Å². The van der Waals surface area contributed by atoms with Gasteiger partial charge in [0.1, 0.15) is 0 Å². The molecule has 0 spiro atoms. The third-order valence-corrected chi connectivity index (χ3v) is 4.01. The Morgan fingerprint density at radius 2 is 2.20 bits per heavy atom. The number of amides is 1. The van der Waals surface area contributed by atoms with Crippen LogP contribution in [0.5, 0.6) is 0 Å². The van der Waals surface area contributed by atoms with Crippen LogP contribution in [0.1, 0.15) is 23.1 Å². The molecule has 0 saturated carbocycles. The van der Waals surface area contributed by atoms with Crippen LogP contribution in [-0.4, -0.2) is 43.7 Å². The van der Waals surface area contributed by atoms with E-state index in [9.17, 15) is 4.79 Å². The van der Waals surface area contributed by atoms with E-state index in [4.69, 9.17) is 4.74 Å². The fourth-order valence-electron chi connectivity index (χ4n) is 2.64. The Morgan fingerprint density at radius 1 is 1.45 bits per heavy atom. The van der Waals surface area contributed by atoms with E-state index >= 15 is 0 Å². The summed E-state index contributed by atoms with van der Waals surface area (Å²) in [5, 5.41) is 3.23. The quantitative estimate of drug-likeness (QED) is 0.909. The normalized spacial score (nSPS) is 22.0. The summed E-state index contributed by atoms with van der Waals surface area (Å²) in [5.41, 5.74) is 3.66. The first-order valence-corrected chi connectivity index (χ1v) is 7.08. The van der Waals surface area contributed by atoms with E-state index in [2.05, 4.69) is 37.4 Å². The van der Waals surface area contributed by atoms with E-state index in [1.807, 2.05) is 7.05 Å². The summed E-state index contributed by atoms with van der Waals surface area (Å²) in [6.07, 6.45) is 0.907. The zero-order valence-electron chi connectivity index (χ0n) is 12.8. The molecule has 1 N–H and O–H groups in total. The predicted octanol–water partition coefficient (Wildman–Crippen LogP) is 1.64. The molecule has 4 heteroatoms. The van der Waals surface area contributed by atoms with Crippen molar-refractivity contribution in [2.45, 2.75) is 39.0 Å². The zero-order valence-corrected chi connectivity index (χ0v) is 12.8. The maximum atomic E-state index is 12.4. The van der Waals surface area contributed by atoms with Gasteiger partial charge in [-0.3, -0.25) is 4.79 Å². The molecule has 20 heavy (non-hydrogen) atoms. The van der Waals surface area contributed by atoms with Crippen molar-refractivity contribution in [2.24, 2.45) is 0 Å². The second-order valence-electron chi connectivity index (χ2n) is 5.68. The van der Waals surface area contributed by atoms with Gasteiger partial charge in [-0.25, -0.2) is 0 Å². The Hall–Kier alpha value is -1.39. The van der Waals surface area contributed by atoms with Crippen molar-refractivity contribution in [3.05, 3.63) is 34.9 Å². The van der Waals surface area contributed by atoms with Crippen LogP contribution >= 0.6 is 0 Å². The largest absolute Gasteiger partial charge is 0.380 e. The fourth-order valence-corrected chi connectivity index (χ4v) is 2.64. The van der Waals surface area contributed by atoms with E-state index in [1.54, 1.807) is 12.0 Å². The van der Waals surface area contributed by atoms with Gasteiger partial charge in [0.2, 0.25) is 5.91 Å². The molecule has 1 fully saturated rings. The second-order valence-corrected chi connectivity index (χ2v) is 5.68. The van der Waals surface area contributed by atoms with E-state index < -0.39 is 0 Å². The van der Waals surface area contributed by atoms with Crippen molar-refractivity contribution in [3.8, 4) is 0 Å². The van der Waals surface area contributed by atoms with Gasteiger partial charge in [0, 0.05) is 27.2 Å². The van der Waals surface area contributed by atoms with Gasteiger partial charge in [0.05, 0.1) is 12.1 Å². The van der Waals surface area contributed by atoms with Crippen LogP contribution < -0.4 is 5.32 Å². The SMILES string of the molecule is CO[C@H]1CN[C@@H](C(=O)N(C)Cc2cc(C)ccc2C)C1. The fraction of sp³-hybridized carbons (Fsp3) is 0.562. The number of methoxy groups -OCH3 is 1. The number of benzene rings is 1. The lowest BCUT2D eigenvalue weighted by atomic mass is 10.0. The molecule has 0 radical (unpaired) electrons. The van der Waals surface area contributed by atoms with Gasteiger partial charge >= 0.3 is 0 Å². The zero-order chi connectivity index (χ0) is 14.7. The highest BCUT2D eigenvalue weighted by molar-refractivity contribution is 5.82. The molecule has 1 heterocycles. The van der Waals surface area contributed by atoms with Crippen molar-refractivity contribution >= 4 is 5.91 Å². The van der Waals surface area contributed by atoms with Gasteiger partial charge < -0.3 is 15.0 Å². The van der Waals surface area contributed by atoms with Crippen molar-refractivity contribution < 1.29 is 9.53 Å².